The predicted molar refractivity (Wildman–Crippen MR) is 187 cm³/mol. The number of anilines is 1. The summed E-state index contributed by atoms with van der Waals surface area (Å²) in [6.45, 7) is 3.75. The molecule has 2 aromatic carbocycles. The number of ether oxygens (including phenoxy) is 2. The van der Waals surface area contributed by atoms with Crippen LogP contribution in [0.3, 0.4) is 0 Å². The standard InChI is InChI=1S/C36H46ClFN4O5S/c1-23-6-5-8-33(46-2)31-13-10-27(31)21-42-20-26-9-12-28(37)16-24(26)7-3-4-15-47-34-14-11-25(17-32(34)42)35(43)40-48(45,22-23)41-36(44)39-30-18-29(38)19-30/h5,8-9,11-12,14,16-17,23,27,29-31,33H,3-4,6-7,10,13,15,18-22H2,1-2H3,(H2,39,40,41,43,44,45)/b8-5+/t23-,27-,29?,30?,31+,33-,48?/m0/s1. The molecule has 3 amide bonds. The first-order chi connectivity index (χ1) is 23.1. The van der Waals surface area contributed by atoms with E-state index >= 15 is 0 Å². The number of hydrogen-bond acceptors (Lipinski definition) is 6. The first kappa shape index (κ1) is 34.7. The highest BCUT2D eigenvalue weighted by molar-refractivity contribution is 7.92. The number of amides is 3. The van der Waals surface area contributed by atoms with Crippen LogP contribution >= 0.6 is 11.6 Å². The largest absolute Gasteiger partial charge is 0.491 e. The van der Waals surface area contributed by atoms with Crippen molar-refractivity contribution in [2.75, 3.05) is 30.9 Å². The lowest BCUT2D eigenvalue weighted by Crippen LogP contribution is -2.50. The number of halogens is 2. The van der Waals surface area contributed by atoms with E-state index in [0.29, 0.717) is 42.2 Å². The molecule has 2 N–H and O–H groups in total. The summed E-state index contributed by atoms with van der Waals surface area (Å²) in [7, 11) is -1.81. The van der Waals surface area contributed by atoms with Gasteiger partial charge < -0.3 is 19.7 Å². The van der Waals surface area contributed by atoms with Crippen LogP contribution in [-0.4, -0.2) is 60.5 Å². The van der Waals surface area contributed by atoms with Crippen molar-refractivity contribution in [3.8, 4) is 5.75 Å². The summed E-state index contributed by atoms with van der Waals surface area (Å²) in [6, 6.07) is 10.2. The zero-order valence-corrected chi connectivity index (χ0v) is 29.2. The first-order valence-electron chi connectivity index (χ1n) is 17.1. The van der Waals surface area contributed by atoms with Crippen molar-refractivity contribution in [1.82, 2.24) is 10.0 Å². The minimum atomic E-state index is -3.54. The fourth-order valence-corrected chi connectivity index (χ4v) is 9.23. The van der Waals surface area contributed by atoms with Gasteiger partial charge in [0.15, 0.2) is 0 Å². The Morgan fingerprint density at radius 1 is 1.15 bits per heavy atom. The van der Waals surface area contributed by atoms with Gasteiger partial charge >= 0.3 is 6.03 Å². The average Bonchev–Trinajstić information content (AvgIpc) is 3.04. The second kappa shape index (κ2) is 15.2. The van der Waals surface area contributed by atoms with Gasteiger partial charge in [0.25, 0.3) is 5.91 Å². The highest BCUT2D eigenvalue weighted by Crippen LogP contribution is 2.42. The lowest BCUT2D eigenvalue weighted by atomic mass is 9.70. The molecule has 0 aromatic heterocycles. The minimum Gasteiger partial charge on any atom is -0.491 e. The lowest BCUT2D eigenvalue weighted by molar-refractivity contribution is 0.0133. The van der Waals surface area contributed by atoms with Gasteiger partial charge in [-0.25, -0.2) is 13.4 Å². The van der Waals surface area contributed by atoms with Crippen LogP contribution in [0.4, 0.5) is 14.9 Å². The fraction of sp³-hybridized carbons (Fsp3) is 0.556. The number of carbonyl (C=O) groups excluding carboxylic acids is 2. The normalized spacial score (nSPS) is 31.6. The van der Waals surface area contributed by atoms with Crippen molar-refractivity contribution in [2.24, 2.45) is 22.1 Å². The van der Waals surface area contributed by atoms with Gasteiger partial charge in [-0.3, -0.25) is 9.52 Å². The molecular formula is C36H46ClFN4O5S. The van der Waals surface area contributed by atoms with Crippen molar-refractivity contribution in [1.29, 1.82) is 0 Å². The second-order valence-electron chi connectivity index (χ2n) is 13.8. The third kappa shape index (κ3) is 8.34. The molecule has 0 radical (unpaired) electrons. The Hall–Kier alpha value is -3.15. The predicted octanol–water partition coefficient (Wildman–Crippen LogP) is 7.02. The van der Waals surface area contributed by atoms with Crippen molar-refractivity contribution < 1.29 is 27.7 Å². The van der Waals surface area contributed by atoms with Gasteiger partial charge in [0, 0.05) is 36.8 Å². The van der Waals surface area contributed by atoms with Gasteiger partial charge in [0.2, 0.25) is 0 Å². The van der Waals surface area contributed by atoms with E-state index in [9.17, 15) is 18.2 Å². The van der Waals surface area contributed by atoms with E-state index in [1.54, 1.807) is 25.3 Å². The molecule has 2 aliphatic heterocycles. The Bertz CT molecular complexity index is 1660. The number of methoxy groups -OCH3 is 1. The van der Waals surface area contributed by atoms with E-state index in [0.717, 1.165) is 44.3 Å². The number of nitrogens with zero attached hydrogens (tertiary/aromatic N) is 2. The van der Waals surface area contributed by atoms with Crippen molar-refractivity contribution in [2.45, 2.75) is 83.2 Å². The summed E-state index contributed by atoms with van der Waals surface area (Å²) in [5.41, 5.74) is 3.38. The molecule has 2 bridgehead atoms. The average molecular weight is 701 g/mol. The van der Waals surface area contributed by atoms with Crippen LogP contribution in [0.15, 0.2) is 52.9 Å². The molecule has 1 unspecified atom stereocenters. The summed E-state index contributed by atoms with van der Waals surface area (Å²) in [5.74, 6) is 0.447. The van der Waals surface area contributed by atoms with Crippen LogP contribution in [0.5, 0.6) is 5.75 Å². The van der Waals surface area contributed by atoms with E-state index in [4.69, 9.17) is 21.1 Å². The second-order valence-corrected chi connectivity index (χ2v) is 16.2. The van der Waals surface area contributed by atoms with E-state index in [-0.39, 0.29) is 42.2 Å². The SMILES string of the molecule is CO[C@H]1/C=C/C[C@H](C)CS(=O)(NC(=O)NC2CC(F)C2)=NC(=O)c2ccc3c(c2)N(Cc2ccc(Cl)cc2CCCCO3)C[C@@H]2CC[C@H]21. The number of nitrogens with one attached hydrogen (secondary N) is 2. The minimum absolute atomic E-state index is 0.0316. The van der Waals surface area contributed by atoms with E-state index < -0.39 is 28.0 Å². The molecule has 5 atom stereocenters. The number of aryl methyl sites for hydroxylation is 1. The van der Waals surface area contributed by atoms with Crippen LogP contribution in [0, 0.1) is 17.8 Å². The molecular weight excluding hydrogens is 655 g/mol. The highest BCUT2D eigenvalue weighted by atomic mass is 35.5. The Balaban J connectivity index is 1.41. The van der Waals surface area contributed by atoms with Crippen LogP contribution in [0.25, 0.3) is 0 Å². The van der Waals surface area contributed by atoms with Crippen LogP contribution in [0.2, 0.25) is 5.02 Å². The number of fused-ring (bicyclic) bond motifs is 3. The summed E-state index contributed by atoms with van der Waals surface area (Å²) >= 11 is 6.44. The molecule has 2 fully saturated rings. The zero-order chi connectivity index (χ0) is 33.8. The van der Waals surface area contributed by atoms with E-state index in [2.05, 4.69) is 31.4 Å². The number of urea groups is 1. The third-order valence-corrected chi connectivity index (χ3v) is 12.3. The molecule has 6 rings (SSSR count). The van der Waals surface area contributed by atoms with Crippen molar-refractivity contribution in [3.05, 3.63) is 70.3 Å². The van der Waals surface area contributed by atoms with Crippen molar-refractivity contribution in [3.63, 3.8) is 0 Å². The Kier molecular flexibility index (Phi) is 11.0. The maximum Gasteiger partial charge on any atom is 0.327 e. The summed E-state index contributed by atoms with van der Waals surface area (Å²) in [6.07, 6.45) is 8.87. The van der Waals surface area contributed by atoms with Crippen LogP contribution in [0.1, 0.15) is 73.4 Å². The van der Waals surface area contributed by atoms with Gasteiger partial charge in [-0.15, -0.1) is 4.36 Å². The molecule has 48 heavy (non-hydrogen) atoms. The van der Waals surface area contributed by atoms with Gasteiger partial charge in [0.05, 0.1) is 24.2 Å². The summed E-state index contributed by atoms with van der Waals surface area (Å²) in [5, 5.41) is 3.37. The Morgan fingerprint density at radius 2 is 1.98 bits per heavy atom. The Morgan fingerprint density at radius 3 is 2.73 bits per heavy atom. The molecule has 0 spiro atoms. The van der Waals surface area contributed by atoms with Gasteiger partial charge in [0.1, 0.15) is 21.8 Å². The number of allylic oxidation sites excluding steroid dienone is 1. The number of hydrogen-bond donors (Lipinski definition) is 2. The van der Waals surface area contributed by atoms with E-state index in [1.165, 1.54) is 11.1 Å². The molecule has 2 heterocycles. The molecule has 2 aromatic rings. The lowest BCUT2D eigenvalue weighted by Gasteiger charge is -2.43. The molecule has 12 heteroatoms. The summed E-state index contributed by atoms with van der Waals surface area (Å²) in [4.78, 5) is 29.0. The number of carbonyl (C=O) groups is 2. The van der Waals surface area contributed by atoms with Crippen LogP contribution < -0.4 is 19.7 Å². The Labute approximate surface area is 288 Å². The quantitative estimate of drug-likeness (QED) is 0.333. The van der Waals surface area contributed by atoms with E-state index in [1.807, 2.05) is 25.1 Å². The van der Waals surface area contributed by atoms with Gasteiger partial charge in [-0.2, -0.15) is 0 Å². The maximum absolute atomic E-state index is 14.3. The maximum atomic E-state index is 14.3. The molecule has 4 aliphatic rings. The first-order valence-corrected chi connectivity index (χ1v) is 19.2. The monoisotopic (exact) mass is 700 g/mol. The highest BCUT2D eigenvalue weighted by Gasteiger charge is 2.38. The molecule has 2 saturated carbocycles. The van der Waals surface area contributed by atoms with Crippen LogP contribution in [-0.2, 0) is 27.6 Å². The fourth-order valence-electron chi connectivity index (χ4n) is 7.20. The topological polar surface area (TPSA) is 109 Å². The molecule has 2 aliphatic carbocycles. The molecule has 260 valence electrons. The number of rotatable bonds is 3. The smallest absolute Gasteiger partial charge is 0.327 e. The third-order valence-electron chi connectivity index (χ3n) is 10.1. The molecule has 9 nitrogen and oxygen atoms in total. The van der Waals surface area contributed by atoms with Gasteiger partial charge in [-0.05, 0) is 111 Å². The zero-order valence-electron chi connectivity index (χ0n) is 27.7. The van der Waals surface area contributed by atoms with Crippen molar-refractivity contribution >= 4 is 39.1 Å². The number of alkyl halides is 1. The molecule has 0 saturated heterocycles. The summed E-state index contributed by atoms with van der Waals surface area (Å²) < 4.78 is 46.7. The number of benzene rings is 2. The van der Waals surface area contributed by atoms with Gasteiger partial charge in [-0.1, -0.05) is 36.7 Å².